The first-order valence-electron chi connectivity index (χ1n) is 10.1. The van der Waals surface area contributed by atoms with Gasteiger partial charge in [-0.2, -0.15) is 0 Å². The van der Waals surface area contributed by atoms with Gasteiger partial charge in [0.05, 0.1) is 32.8 Å². The molecule has 1 N–H and O–H groups in total. The van der Waals surface area contributed by atoms with Crippen molar-refractivity contribution in [3.8, 4) is 0 Å². The van der Waals surface area contributed by atoms with E-state index in [-0.39, 0.29) is 17.0 Å². The van der Waals surface area contributed by atoms with Gasteiger partial charge < -0.3 is 5.32 Å². The fraction of sp³-hybridized carbons (Fsp3) is 0.348. The molecule has 2 unspecified atom stereocenters. The molecule has 2 bridgehead atoms. The Morgan fingerprint density at radius 2 is 1.71 bits per heavy atom. The van der Waals surface area contributed by atoms with E-state index in [9.17, 15) is 14.9 Å². The molecular weight excluding hydrogens is 507 g/mol. The maximum atomic E-state index is 13.8. The molecule has 1 amide bonds. The molecule has 5 rings (SSSR count). The highest BCUT2D eigenvalue weighted by molar-refractivity contribution is 14.1. The predicted octanol–water partition coefficient (Wildman–Crippen LogP) is 5.11. The molecule has 2 aliphatic carbocycles. The predicted molar refractivity (Wildman–Crippen MR) is 126 cm³/mol. The summed E-state index contributed by atoms with van der Waals surface area (Å²) in [7, 11) is 0. The zero-order valence-corrected chi connectivity index (χ0v) is 19.6. The van der Waals surface area contributed by atoms with E-state index in [0.717, 1.165) is 21.4 Å². The van der Waals surface area contributed by atoms with Crippen LogP contribution in [0.15, 0.2) is 42.5 Å². The maximum absolute atomic E-state index is 13.8. The van der Waals surface area contributed by atoms with Crippen molar-refractivity contribution in [3.05, 3.63) is 67.5 Å². The quantitative estimate of drug-likeness (QED) is 0.290. The van der Waals surface area contributed by atoms with Gasteiger partial charge in [-0.25, -0.2) is 9.97 Å². The van der Waals surface area contributed by atoms with Crippen molar-refractivity contribution >= 4 is 50.9 Å². The van der Waals surface area contributed by atoms with Crippen LogP contribution in [-0.4, -0.2) is 20.8 Å². The van der Waals surface area contributed by atoms with Crippen molar-refractivity contribution in [1.82, 2.24) is 9.97 Å². The van der Waals surface area contributed by atoms with E-state index in [2.05, 4.69) is 48.7 Å². The monoisotopic (exact) mass is 528 g/mol. The summed E-state index contributed by atoms with van der Waals surface area (Å²) in [5.41, 5.74) is 1.67. The summed E-state index contributed by atoms with van der Waals surface area (Å²) in [5.74, 6) is -0.0970. The summed E-state index contributed by atoms with van der Waals surface area (Å²) < 4.78 is 1.09. The van der Waals surface area contributed by atoms with Gasteiger partial charge in [-0.15, -0.1) is 0 Å². The van der Waals surface area contributed by atoms with E-state index in [0.29, 0.717) is 23.1 Å². The number of halogens is 1. The lowest BCUT2D eigenvalue weighted by molar-refractivity contribution is -0.384. The van der Waals surface area contributed by atoms with Crippen molar-refractivity contribution in [2.24, 2.45) is 5.41 Å². The SMILES string of the molecule is CC12CCC(C(=O)Nc3ccc(I)cc3)(c3nc4cc([N+](=O)[O-])ccc4nc31)C2(C)C. The molecular formula is C23H21IN4O3. The number of benzene rings is 2. The number of nitrogens with one attached hydrogen (secondary N) is 1. The second-order valence-electron chi connectivity index (χ2n) is 9.17. The van der Waals surface area contributed by atoms with E-state index in [1.54, 1.807) is 6.07 Å². The first-order chi connectivity index (χ1) is 14.6. The Labute approximate surface area is 193 Å². The number of non-ortho nitro benzene ring substituents is 1. The molecule has 1 aromatic heterocycles. The van der Waals surface area contributed by atoms with Crippen LogP contribution in [0, 0.1) is 19.1 Å². The first-order valence-corrected chi connectivity index (χ1v) is 11.2. The van der Waals surface area contributed by atoms with E-state index in [1.807, 2.05) is 24.3 Å². The highest BCUT2D eigenvalue weighted by atomic mass is 127. The van der Waals surface area contributed by atoms with Crippen LogP contribution in [0.3, 0.4) is 0 Å². The number of carbonyl (C=O) groups excluding carboxylic acids is 1. The number of nitro groups is 1. The topological polar surface area (TPSA) is 98.0 Å². The Kier molecular flexibility index (Phi) is 4.22. The minimum absolute atomic E-state index is 0.0345. The Morgan fingerprint density at radius 1 is 1.03 bits per heavy atom. The average molecular weight is 528 g/mol. The van der Waals surface area contributed by atoms with Crippen LogP contribution in [0.4, 0.5) is 11.4 Å². The Balaban J connectivity index is 1.69. The fourth-order valence-corrected chi connectivity index (χ4v) is 5.84. The van der Waals surface area contributed by atoms with Crippen molar-refractivity contribution in [1.29, 1.82) is 0 Å². The van der Waals surface area contributed by atoms with Gasteiger partial charge in [0.15, 0.2) is 0 Å². The van der Waals surface area contributed by atoms with Gasteiger partial charge in [-0.05, 0) is 71.2 Å². The van der Waals surface area contributed by atoms with Gasteiger partial charge in [-0.3, -0.25) is 14.9 Å². The highest BCUT2D eigenvalue weighted by Crippen LogP contribution is 2.70. The molecule has 0 saturated heterocycles. The van der Waals surface area contributed by atoms with Crippen LogP contribution in [0.1, 0.15) is 45.0 Å². The standard InChI is InChI=1S/C23H21IN4O3/c1-21(2)22(3)10-11-23(21,20(29)25-14-6-4-13(24)5-7-14)19-18(22)26-16-9-8-15(28(30)31)12-17(16)27-19/h4-9,12H,10-11H2,1-3H3,(H,25,29). The van der Waals surface area contributed by atoms with Crippen molar-refractivity contribution in [2.75, 3.05) is 5.32 Å². The number of hydrogen-bond acceptors (Lipinski definition) is 5. The molecule has 158 valence electrons. The molecule has 2 aliphatic rings. The van der Waals surface area contributed by atoms with Crippen LogP contribution < -0.4 is 5.32 Å². The molecule has 2 atom stereocenters. The van der Waals surface area contributed by atoms with Crippen molar-refractivity contribution in [2.45, 2.75) is 44.4 Å². The Morgan fingerprint density at radius 3 is 2.39 bits per heavy atom. The van der Waals surface area contributed by atoms with Crippen LogP contribution in [0.5, 0.6) is 0 Å². The third kappa shape index (κ3) is 2.54. The second kappa shape index (κ2) is 6.44. The summed E-state index contributed by atoms with van der Waals surface area (Å²) in [6, 6.07) is 12.2. The average Bonchev–Trinajstić information content (AvgIpc) is 3.03. The van der Waals surface area contributed by atoms with Crippen molar-refractivity contribution < 1.29 is 9.72 Å². The fourth-order valence-electron chi connectivity index (χ4n) is 5.48. The molecule has 1 saturated carbocycles. The molecule has 1 fully saturated rings. The largest absolute Gasteiger partial charge is 0.325 e. The number of hydrogen-bond donors (Lipinski definition) is 1. The molecule has 7 nitrogen and oxygen atoms in total. The Bertz CT molecular complexity index is 1270. The lowest BCUT2D eigenvalue weighted by atomic mass is 9.63. The molecule has 3 aromatic rings. The molecule has 31 heavy (non-hydrogen) atoms. The summed E-state index contributed by atoms with van der Waals surface area (Å²) in [4.78, 5) is 34.4. The summed E-state index contributed by atoms with van der Waals surface area (Å²) >= 11 is 2.23. The number of rotatable bonds is 3. The molecule has 0 radical (unpaired) electrons. The number of aromatic nitrogens is 2. The minimum Gasteiger partial charge on any atom is -0.325 e. The number of fused-ring (bicyclic) bond motifs is 6. The van der Waals surface area contributed by atoms with E-state index in [4.69, 9.17) is 9.97 Å². The number of carbonyl (C=O) groups is 1. The van der Waals surface area contributed by atoms with E-state index in [1.165, 1.54) is 12.1 Å². The third-order valence-corrected chi connectivity index (χ3v) is 8.44. The lowest BCUT2D eigenvalue weighted by Gasteiger charge is -2.39. The summed E-state index contributed by atoms with van der Waals surface area (Å²) in [5, 5.41) is 14.4. The summed E-state index contributed by atoms with van der Waals surface area (Å²) in [6.07, 6.45) is 1.50. The number of amides is 1. The lowest BCUT2D eigenvalue weighted by Crippen LogP contribution is -2.48. The highest BCUT2D eigenvalue weighted by Gasteiger charge is 2.73. The van der Waals surface area contributed by atoms with E-state index >= 15 is 0 Å². The second-order valence-corrected chi connectivity index (χ2v) is 10.4. The molecule has 0 spiro atoms. The van der Waals surface area contributed by atoms with Gasteiger partial charge >= 0.3 is 0 Å². The summed E-state index contributed by atoms with van der Waals surface area (Å²) in [6.45, 7) is 6.39. The van der Waals surface area contributed by atoms with Gasteiger partial charge in [0.2, 0.25) is 5.91 Å². The normalized spacial score (nSPS) is 25.4. The first kappa shape index (κ1) is 20.3. The molecule has 0 aliphatic heterocycles. The third-order valence-electron chi connectivity index (χ3n) is 7.72. The number of nitrogens with zero attached hydrogens (tertiary/aromatic N) is 3. The molecule has 1 heterocycles. The van der Waals surface area contributed by atoms with Crippen LogP contribution in [0.25, 0.3) is 11.0 Å². The van der Waals surface area contributed by atoms with Gasteiger partial charge in [-0.1, -0.05) is 20.8 Å². The smallest absolute Gasteiger partial charge is 0.271 e. The van der Waals surface area contributed by atoms with E-state index < -0.39 is 15.8 Å². The number of anilines is 1. The zero-order valence-electron chi connectivity index (χ0n) is 17.4. The van der Waals surface area contributed by atoms with Crippen LogP contribution in [-0.2, 0) is 15.6 Å². The minimum atomic E-state index is -0.855. The van der Waals surface area contributed by atoms with Crippen LogP contribution in [0.2, 0.25) is 0 Å². The molecule has 2 aromatic carbocycles. The van der Waals surface area contributed by atoms with Gasteiger partial charge in [0.1, 0.15) is 0 Å². The van der Waals surface area contributed by atoms with Crippen molar-refractivity contribution in [3.63, 3.8) is 0 Å². The Hall–Kier alpha value is -2.62. The maximum Gasteiger partial charge on any atom is 0.271 e. The van der Waals surface area contributed by atoms with Gasteiger partial charge in [0, 0.05) is 26.8 Å². The molecule has 8 heteroatoms. The van der Waals surface area contributed by atoms with Gasteiger partial charge in [0.25, 0.3) is 5.69 Å². The number of nitro benzene ring substituents is 1. The van der Waals surface area contributed by atoms with Crippen LogP contribution >= 0.6 is 22.6 Å². The zero-order chi connectivity index (χ0) is 22.2.